The second-order valence-electron chi connectivity index (χ2n) is 6.91. The molecule has 1 fully saturated rings. The molecule has 0 radical (unpaired) electrons. The molecule has 4 nitrogen and oxygen atoms in total. The van der Waals surface area contributed by atoms with Gasteiger partial charge in [-0.05, 0) is 61.6 Å². The Hall–Kier alpha value is -2.49. The summed E-state index contributed by atoms with van der Waals surface area (Å²) in [6.45, 7) is 6.78. The van der Waals surface area contributed by atoms with Crippen molar-refractivity contribution in [3.63, 3.8) is 0 Å². The number of nitrogens with one attached hydrogen (secondary N) is 1. The number of hydrogen-bond donors (Lipinski definition) is 1. The van der Waals surface area contributed by atoms with Gasteiger partial charge < -0.3 is 15.0 Å². The van der Waals surface area contributed by atoms with Crippen molar-refractivity contribution in [1.29, 1.82) is 0 Å². The third kappa shape index (κ3) is 4.78. The Morgan fingerprint density at radius 1 is 1.15 bits per heavy atom. The van der Waals surface area contributed by atoms with Crippen LogP contribution in [0.15, 0.2) is 48.5 Å². The normalized spacial score (nSPS) is 14.9. The van der Waals surface area contributed by atoms with Crippen LogP contribution in [0.2, 0.25) is 0 Å². The fourth-order valence-corrected chi connectivity index (χ4v) is 3.28. The lowest BCUT2D eigenvalue weighted by Gasteiger charge is -2.19. The van der Waals surface area contributed by atoms with E-state index < -0.39 is 6.10 Å². The molecule has 1 amide bonds. The maximum Gasteiger partial charge on any atom is 0.261 e. The van der Waals surface area contributed by atoms with Gasteiger partial charge in [0.25, 0.3) is 5.91 Å². The van der Waals surface area contributed by atoms with Crippen LogP contribution in [0, 0.1) is 6.92 Å². The lowest BCUT2D eigenvalue weighted by atomic mass is 10.2. The minimum atomic E-state index is -0.472. The van der Waals surface area contributed by atoms with Crippen LogP contribution >= 0.6 is 0 Å². The molecule has 1 aliphatic rings. The van der Waals surface area contributed by atoms with Crippen molar-refractivity contribution in [3.05, 3.63) is 59.7 Å². The molecule has 2 aromatic carbocycles. The topological polar surface area (TPSA) is 41.6 Å². The van der Waals surface area contributed by atoms with Gasteiger partial charge in [-0.2, -0.15) is 0 Å². The molecule has 0 spiro atoms. The Morgan fingerprint density at radius 2 is 1.88 bits per heavy atom. The van der Waals surface area contributed by atoms with Gasteiger partial charge in [-0.3, -0.25) is 4.79 Å². The Bertz CT molecular complexity index is 721. The zero-order valence-electron chi connectivity index (χ0n) is 15.7. The van der Waals surface area contributed by atoms with Crippen molar-refractivity contribution in [1.82, 2.24) is 5.32 Å². The van der Waals surface area contributed by atoms with Crippen molar-refractivity contribution in [2.75, 3.05) is 18.0 Å². The van der Waals surface area contributed by atoms with E-state index in [4.69, 9.17) is 4.74 Å². The molecule has 0 aromatic heterocycles. The molecule has 1 aliphatic heterocycles. The standard InChI is InChI=1S/C22H28N2O2/c1-3-21(26-20-8-6-7-17(2)15-20)22(25)23-16-18-9-11-19(12-10-18)24-13-4-5-14-24/h6-12,15,21H,3-5,13-14,16H2,1-2H3,(H,23,25)/t21-/m1/s1. The van der Waals surface area contributed by atoms with Crippen LogP contribution in [-0.2, 0) is 11.3 Å². The highest BCUT2D eigenvalue weighted by atomic mass is 16.5. The van der Waals surface area contributed by atoms with E-state index >= 15 is 0 Å². The Kier molecular flexibility index (Phi) is 6.16. The van der Waals surface area contributed by atoms with Gasteiger partial charge in [-0.15, -0.1) is 0 Å². The van der Waals surface area contributed by atoms with E-state index in [-0.39, 0.29) is 5.91 Å². The summed E-state index contributed by atoms with van der Waals surface area (Å²) in [7, 11) is 0. The number of benzene rings is 2. The number of amides is 1. The fraction of sp³-hybridized carbons (Fsp3) is 0.409. The molecule has 3 rings (SSSR count). The predicted octanol–water partition coefficient (Wildman–Crippen LogP) is 4.07. The van der Waals surface area contributed by atoms with E-state index in [0.717, 1.165) is 30.0 Å². The molecule has 138 valence electrons. The number of carbonyl (C=O) groups excluding carboxylic acids is 1. The van der Waals surface area contributed by atoms with Gasteiger partial charge in [0.2, 0.25) is 0 Å². The van der Waals surface area contributed by atoms with Crippen LogP contribution in [0.1, 0.15) is 37.3 Å². The third-order valence-corrected chi connectivity index (χ3v) is 4.81. The lowest BCUT2D eigenvalue weighted by Crippen LogP contribution is -2.37. The average Bonchev–Trinajstić information content (AvgIpc) is 3.19. The summed E-state index contributed by atoms with van der Waals surface area (Å²) in [6.07, 6.45) is 2.71. The quantitative estimate of drug-likeness (QED) is 0.817. The Balaban J connectivity index is 1.53. The molecular weight excluding hydrogens is 324 g/mol. The van der Waals surface area contributed by atoms with Crippen LogP contribution < -0.4 is 15.0 Å². The monoisotopic (exact) mass is 352 g/mol. The molecule has 4 heteroatoms. The molecule has 1 atom stereocenters. The third-order valence-electron chi connectivity index (χ3n) is 4.81. The van der Waals surface area contributed by atoms with Crippen LogP contribution in [0.25, 0.3) is 0 Å². The SMILES string of the molecule is CC[C@@H](Oc1cccc(C)c1)C(=O)NCc1ccc(N2CCCC2)cc1. The first-order chi connectivity index (χ1) is 12.7. The Morgan fingerprint density at radius 3 is 2.54 bits per heavy atom. The van der Waals surface area contributed by atoms with Crippen molar-refractivity contribution in [3.8, 4) is 5.75 Å². The van der Waals surface area contributed by atoms with Crippen LogP contribution in [0.3, 0.4) is 0 Å². The van der Waals surface area contributed by atoms with E-state index in [0.29, 0.717) is 13.0 Å². The molecular formula is C22H28N2O2. The van der Waals surface area contributed by atoms with Gasteiger partial charge >= 0.3 is 0 Å². The van der Waals surface area contributed by atoms with Crippen molar-refractivity contribution in [2.24, 2.45) is 0 Å². The average molecular weight is 352 g/mol. The highest BCUT2D eigenvalue weighted by molar-refractivity contribution is 5.81. The van der Waals surface area contributed by atoms with Crippen LogP contribution in [0.4, 0.5) is 5.69 Å². The number of ether oxygens (including phenoxy) is 1. The summed E-state index contributed by atoms with van der Waals surface area (Å²) in [6, 6.07) is 16.3. The molecule has 2 aromatic rings. The predicted molar refractivity (Wildman–Crippen MR) is 106 cm³/mol. The molecule has 0 saturated carbocycles. The first kappa shape index (κ1) is 18.3. The van der Waals surface area contributed by atoms with Gasteiger partial charge in [0, 0.05) is 25.3 Å². The second-order valence-corrected chi connectivity index (χ2v) is 6.91. The number of aryl methyl sites for hydroxylation is 1. The van der Waals surface area contributed by atoms with Crippen LogP contribution in [0.5, 0.6) is 5.75 Å². The fourth-order valence-electron chi connectivity index (χ4n) is 3.28. The number of nitrogens with zero attached hydrogens (tertiary/aromatic N) is 1. The first-order valence-corrected chi connectivity index (χ1v) is 9.50. The minimum absolute atomic E-state index is 0.0716. The molecule has 0 unspecified atom stereocenters. The summed E-state index contributed by atoms with van der Waals surface area (Å²) in [5.74, 6) is 0.666. The van der Waals surface area contributed by atoms with E-state index in [2.05, 4.69) is 34.5 Å². The van der Waals surface area contributed by atoms with Crippen molar-refractivity contribution < 1.29 is 9.53 Å². The maximum atomic E-state index is 12.5. The molecule has 1 N–H and O–H groups in total. The van der Waals surface area contributed by atoms with E-state index in [9.17, 15) is 4.79 Å². The molecule has 1 heterocycles. The number of rotatable bonds is 7. The second kappa shape index (κ2) is 8.75. The molecule has 26 heavy (non-hydrogen) atoms. The minimum Gasteiger partial charge on any atom is -0.481 e. The number of anilines is 1. The van der Waals surface area contributed by atoms with E-state index in [1.54, 1.807) is 0 Å². The number of carbonyl (C=O) groups is 1. The maximum absolute atomic E-state index is 12.5. The van der Waals surface area contributed by atoms with Gasteiger partial charge in [-0.1, -0.05) is 31.2 Å². The zero-order valence-corrected chi connectivity index (χ0v) is 15.7. The molecule has 0 bridgehead atoms. The van der Waals surface area contributed by atoms with Crippen molar-refractivity contribution >= 4 is 11.6 Å². The summed E-state index contributed by atoms with van der Waals surface area (Å²) in [4.78, 5) is 14.9. The van der Waals surface area contributed by atoms with Gasteiger partial charge in [0.1, 0.15) is 5.75 Å². The van der Waals surface area contributed by atoms with Gasteiger partial charge in [-0.25, -0.2) is 0 Å². The van der Waals surface area contributed by atoms with Crippen molar-refractivity contribution in [2.45, 2.75) is 45.8 Å². The molecule has 0 aliphatic carbocycles. The smallest absolute Gasteiger partial charge is 0.261 e. The summed E-state index contributed by atoms with van der Waals surface area (Å²) >= 11 is 0. The van der Waals surface area contributed by atoms with E-state index in [1.165, 1.54) is 18.5 Å². The lowest BCUT2D eigenvalue weighted by molar-refractivity contribution is -0.128. The highest BCUT2D eigenvalue weighted by Gasteiger charge is 2.18. The first-order valence-electron chi connectivity index (χ1n) is 9.50. The summed E-state index contributed by atoms with van der Waals surface area (Å²) < 4.78 is 5.86. The molecule has 1 saturated heterocycles. The van der Waals surface area contributed by atoms with Crippen LogP contribution in [-0.4, -0.2) is 25.1 Å². The highest BCUT2D eigenvalue weighted by Crippen LogP contribution is 2.20. The number of hydrogen-bond acceptors (Lipinski definition) is 3. The zero-order chi connectivity index (χ0) is 18.4. The Labute approximate surface area is 156 Å². The van der Waals surface area contributed by atoms with Gasteiger partial charge in [0.15, 0.2) is 6.10 Å². The largest absolute Gasteiger partial charge is 0.481 e. The van der Waals surface area contributed by atoms with E-state index in [1.807, 2.05) is 38.1 Å². The summed E-state index contributed by atoms with van der Waals surface area (Å²) in [5, 5.41) is 3.00. The van der Waals surface area contributed by atoms with Gasteiger partial charge in [0.05, 0.1) is 0 Å². The summed E-state index contributed by atoms with van der Waals surface area (Å²) in [5.41, 5.74) is 3.49.